The Hall–Kier alpha value is -2.10. The van der Waals surface area contributed by atoms with Crippen molar-refractivity contribution in [2.45, 2.75) is 55.5 Å². The van der Waals surface area contributed by atoms with Gasteiger partial charge in [0, 0.05) is 10.6 Å². The molecule has 0 saturated heterocycles. The van der Waals surface area contributed by atoms with Crippen LogP contribution in [0.4, 0.5) is 5.69 Å². The van der Waals surface area contributed by atoms with Gasteiger partial charge >= 0.3 is 11.9 Å². The molecule has 8 nitrogen and oxygen atoms in total. The fourth-order valence-electron chi connectivity index (χ4n) is 3.32. The highest BCUT2D eigenvalue weighted by Gasteiger charge is 2.34. The van der Waals surface area contributed by atoms with Gasteiger partial charge in [-0.05, 0) is 31.5 Å². The number of carbonyl (C=O) groups excluding carboxylic acids is 1. The number of rotatable bonds is 12. The molecule has 2 atom stereocenters. The van der Waals surface area contributed by atoms with Crippen molar-refractivity contribution in [2.24, 2.45) is 5.73 Å². The van der Waals surface area contributed by atoms with Crippen LogP contribution < -0.4 is 16.0 Å². The van der Waals surface area contributed by atoms with E-state index < -0.39 is 36.5 Å². The Morgan fingerprint density at radius 3 is 2.55 bits per heavy atom. The van der Waals surface area contributed by atoms with Crippen LogP contribution in [0.15, 0.2) is 29.2 Å². The number of unbranched alkanes of at least 4 members (excludes halogenated alkanes) is 4. The number of benzene rings is 1. The molecule has 1 aliphatic rings. The number of anilines is 1. The van der Waals surface area contributed by atoms with Gasteiger partial charge in [0.2, 0.25) is 5.91 Å². The zero-order valence-corrected chi connectivity index (χ0v) is 17.2. The van der Waals surface area contributed by atoms with E-state index in [1.807, 2.05) is 12.1 Å². The standard InChI is InChI=1S/C20H29N3O5S/c21-11-7-3-1-2-4-8-14(20(27)28)22-15-13-29-17-10-6-5-9-16(17)23(19(15)26)12-18(24)25/h5-6,9-10,14-15,22H,1-4,7-8,11-13,21H2,(H,24,25)(H,27,28)/t14-,15?/m1/s1. The van der Waals surface area contributed by atoms with E-state index in [9.17, 15) is 24.6 Å². The summed E-state index contributed by atoms with van der Waals surface area (Å²) in [7, 11) is 0. The van der Waals surface area contributed by atoms with E-state index in [0.717, 1.165) is 37.0 Å². The molecule has 0 aliphatic carbocycles. The molecule has 1 unspecified atom stereocenters. The predicted molar refractivity (Wildman–Crippen MR) is 112 cm³/mol. The average Bonchev–Trinajstić information content (AvgIpc) is 2.81. The van der Waals surface area contributed by atoms with Crippen LogP contribution in [0.2, 0.25) is 0 Å². The van der Waals surface area contributed by atoms with Crippen molar-refractivity contribution < 1.29 is 24.6 Å². The van der Waals surface area contributed by atoms with Gasteiger partial charge in [-0.1, -0.05) is 37.8 Å². The number of fused-ring (bicyclic) bond motifs is 1. The number of carboxylic acids is 2. The number of thioether (sulfide) groups is 1. The fraction of sp³-hybridized carbons (Fsp3) is 0.550. The van der Waals surface area contributed by atoms with Gasteiger partial charge in [-0.15, -0.1) is 11.8 Å². The molecule has 1 aromatic rings. The monoisotopic (exact) mass is 423 g/mol. The topological polar surface area (TPSA) is 133 Å². The Kier molecular flexibility index (Phi) is 9.43. The van der Waals surface area contributed by atoms with Gasteiger partial charge in [0.15, 0.2) is 0 Å². The number of aliphatic carboxylic acids is 2. The van der Waals surface area contributed by atoms with Gasteiger partial charge in [-0.2, -0.15) is 0 Å². The molecular formula is C20H29N3O5S. The smallest absolute Gasteiger partial charge is 0.323 e. The molecule has 1 aromatic carbocycles. The van der Waals surface area contributed by atoms with E-state index in [-0.39, 0.29) is 0 Å². The Labute approximate surface area is 174 Å². The Bertz CT molecular complexity index is 715. The van der Waals surface area contributed by atoms with Crippen molar-refractivity contribution in [3.05, 3.63) is 24.3 Å². The Morgan fingerprint density at radius 1 is 1.17 bits per heavy atom. The zero-order valence-electron chi connectivity index (χ0n) is 16.4. The number of hydrogen-bond donors (Lipinski definition) is 4. The number of amides is 1. The summed E-state index contributed by atoms with van der Waals surface area (Å²) in [5, 5.41) is 21.8. The first-order chi connectivity index (χ1) is 13.9. The van der Waals surface area contributed by atoms with Crippen molar-refractivity contribution in [3.63, 3.8) is 0 Å². The molecule has 5 N–H and O–H groups in total. The van der Waals surface area contributed by atoms with E-state index in [0.29, 0.717) is 24.4 Å². The number of nitrogens with zero attached hydrogens (tertiary/aromatic N) is 1. The summed E-state index contributed by atoms with van der Waals surface area (Å²) in [6, 6.07) is 5.49. The third kappa shape index (κ3) is 7.02. The lowest BCUT2D eigenvalue weighted by Crippen LogP contribution is -2.53. The molecular weight excluding hydrogens is 394 g/mol. The minimum atomic E-state index is -1.12. The largest absolute Gasteiger partial charge is 0.480 e. The van der Waals surface area contributed by atoms with Gasteiger partial charge < -0.3 is 15.9 Å². The van der Waals surface area contributed by atoms with Crippen LogP contribution in [0.5, 0.6) is 0 Å². The molecule has 1 heterocycles. The van der Waals surface area contributed by atoms with Crippen LogP contribution in [0, 0.1) is 0 Å². The lowest BCUT2D eigenvalue weighted by atomic mass is 10.1. The second kappa shape index (κ2) is 11.8. The summed E-state index contributed by atoms with van der Waals surface area (Å²) >= 11 is 1.42. The number of carboxylic acid groups (broad SMARTS) is 2. The number of nitrogens with one attached hydrogen (secondary N) is 1. The molecule has 9 heteroatoms. The van der Waals surface area contributed by atoms with Crippen molar-refractivity contribution in [1.29, 1.82) is 0 Å². The van der Waals surface area contributed by atoms with Gasteiger partial charge in [0.05, 0.1) is 11.7 Å². The summed E-state index contributed by atoms with van der Waals surface area (Å²) in [4.78, 5) is 38.1. The van der Waals surface area contributed by atoms with Crippen LogP contribution in [0.25, 0.3) is 0 Å². The highest BCUT2D eigenvalue weighted by Crippen LogP contribution is 2.34. The first-order valence-electron chi connectivity index (χ1n) is 9.88. The molecule has 0 spiro atoms. The third-order valence-electron chi connectivity index (χ3n) is 4.82. The lowest BCUT2D eigenvalue weighted by Gasteiger charge is -2.26. The summed E-state index contributed by atoms with van der Waals surface area (Å²) in [6.07, 6.45) is 5.06. The molecule has 1 amide bonds. The first-order valence-corrected chi connectivity index (χ1v) is 10.9. The quantitative estimate of drug-likeness (QED) is 0.375. The van der Waals surface area contributed by atoms with Crippen LogP contribution in [-0.4, -0.2) is 59.0 Å². The second-order valence-electron chi connectivity index (χ2n) is 7.05. The molecule has 2 rings (SSSR count). The average molecular weight is 424 g/mol. The van der Waals surface area contributed by atoms with Gasteiger partial charge in [0.25, 0.3) is 0 Å². The molecule has 0 bridgehead atoms. The van der Waals surface area contributed by atoms with Gasteiger partial charge in [0.1, 0.15) is 12.6 Å². The maximum absolute atomic E-state index is 13.0. The summed E-state index contributed by atoms with van der Waals surface area (Å²) in [5.74, 6) is -2.20. The van der Waals surface area contributed by atoms with E-state index in [2.05, 4.69) is 5.32 Å². The maximum Gasteiger partial charge on any atom is 0.323 e. The Balaban J connectivity index is 2.05. The normalized spacial score (nSPS) is 17.5. The minimum absolute atomic E-state index is 0.340. The summed E-state index contributed by atoms with van der Waals surface area (Å²) < 4.78 is 0. The van der Waals surface area contributed by atoms with Crippen molar-refractivity contribution in [3.8, 4) is 0 Å². The second-order valence-corrected chi connectivity index (χ2v) is 8.11. The zero-order chi connectivity index (χ0) is 21.2. The van der Waals surface area contributed by atoms with Gasteiger partial charge in [-0.25, -0.2) is 0 Å². The molecule has 0 aromatic heterocycles. The SMILES string of the molecule is NCCCCCCC[C@@H](NC1CSc2ccccc2N(CC(=O)O)C1=O)C(=O)O. The molecule has 29 heavy (non-hydrogen) atoms. The maximum atomic E-state index is 13.0. The number of para-hydroxylation sites is 1. The van der Waals surface area contributed by atoms with Crippen LogP contribution in [-0.2, 0) is 14.4 Å². The minimum Gasteiger partial charge on any atom is -0.480 e. The number of nitrogens with two attached hydrogens (primary N) is 1. The molecule has 160 valence electrons. The molecule has 0 fully saturated rings. The van der Waals surface area contributed by atoms with Crippen molar-refractivity contribution in [2.75, 3.05) is 23.7 Å². The van der Waals surface area contributed by atoms with Crippen LogP contribution >= 0.6 is 11.8 Å². The van der Waals surface area contributed by atoms with Crippen molar-refractivity contribution >= 4 is 35.3 Å². The van der Waals surface area contributed by atoms with Crippen molar-refractivity contribution in [1.82, 2.24) is 5.32 Å². The molecule has 1 aliphatic heterocycles. The van der Waals surface area contributed by atoms with Crippen LogP contribution in [0.3, 0.4) is 0 Å². The van der Waals surface area contributed by atoms with E-state index >= 15 is 0 Å². The van der Waals surface area contributed by atoms with E-state index in [1.165, 1.54) is 16.7 Å². The fourth-order valence-corrected chi connectivity index (χ4v) is 4.40. The number of carbonyl (C=O) groups is 3. The number of hydrogen-bond acceptors (Lipinski definition) is 6. The van der Waals surface area contributed by atoms with Crippen LogP contribution in [0.1, 0.15) is 38.5 Å². The highest BCUT2D eigenvalue weighted by atomic mass is 32.2. The molecule has 0 saturated carbocycles. The summed E-state index contributed by atoms with van der Waals surface area (Å²) in [6.45, 7) is 0.198. The van der Waals surface area contributed by atoms with E-state index in [1.54, 1.807) is 12.1 Å². The van der Waals surface area contributed by atoms with E-state index in [4.69, 9.17) is 5.73 Å². The first kappa shape index (κ1) is 23.2. The summed E-state index contributed by atoms with van der Waals surface area (Å²) in [5.41, 5.74) is 6.01. The lowest BCUT2D eigenvalue weighted by molar-refractivity contribution is -0.140. The Morgan fingerprint density at radius 2 is 1.86 bits per heavy atom. The predicted octanol–water partition coefficient (Wildman–Crippen LogP) is 1.92. The third-order valence-corrected chi connectivity index (χ3v) is 5.97. The van der Waals surface area contributed by atoms with Gasteiger partial charge in [-0.3, -0.25) is 24.6 Å². The highest BCUT2D eigenvalue weighted by molar-refractivity contribution is 7.99. The molecule has 0 radical (unpaired) electrons.